The largest absolute Gasteiger partial charge is 0.303 e. The molecule has 0 saturated carbocycles. The van der Waals surface area contributed by atoms with Crippen molar-refractivity contribution in [3.05, 3.63) is 39.7 Å². The maximum Gasteiger partial charge on any atom is 0.272 e. The van der Waals surface area contributed by atoms with E-state index >= 15 is 0 Å². The lowest BCUT2D eigenvalue weighted by Crippen LogP contribution is -1.94. The first-order valence-corrected chi connectivity index (χ1v) is 3.51. The van der Waals surface area contributed by atoms with E-state index in [0.29, 0.717) is 6.29 Å². The molecule has 0 aliphatic rings. The number of nitro groups is 1. The van der Waals surface area contributed by atoms with Crippen molar-refractivity contribution in [3.8, 4) is 0 Å². The fourth-order valence-electron chi connectivity index (χ4n) is 0.905. The fraction of sp³-hybridized carbons (Fsp3) is 0.125. The normalized spacial score (nSPS) is 9.62. The first-order valence-electron chi connectivity index (χ1n) is 3.51. The Kier molecular flexibility index (Phi) is 2.69. The van der Waals surface area contributed by atoms with Crippen LogP contribution in [0.25, 0.3) is 0 Å². The first-order chi connectivity index (χ1) is 6.15. The Morgan fingerprint density at radius 3 is 2.69 bits per heavy atom. The standard InChI is InChI=1S/C8H6FNO3/c9-8-5-7(10(12)13)2-1-6(8)3-4-11/h1-2,4-5H,3H2. The first kappa shape index (κ1) is 9.31. The van der Waals surface area contributed by atoms with Crippen molar-refractivity contribution in [1.29, 1.82) is 0 Å². The minimum atomic E-state index is -0.721. The average molecular weight is 183 g/mol. The Labute approximate surface area is 73.1 Å². The Morgan fingerprint density at radius 2 is 2.23 bits per heavy atom. The molecule has 0 bridgehead atoms. The van der Waals surface area contributed by atoms with Gasteiger partial charge in [0.05, 0.1) is 11.0 Å². The predicted molar refractivity (Wildman–Crippen MR) is 42.8 cm³/mol. The molecule has 0 spiro atoms. The highest BCUT2D eigenvalue weighted by atomic mass is 19.1. The zero-order valence-corrected chi connectivity index (χ0v) is 6.57. The number of aldehydes is 1. The summed E-state index contributed by atoms with van der Waals surface area (Å²) < 4.78 is 12.9. The minimum Gasteiger partial charge on any atom is -0.303 e. The third-order valence-corrected chi connectivity index (χ3v) is 1.55. The third-order valence-electron chi connectivity index (χ3n) is 1.55. The number of rotatable bonds is 3. The molecule has 0 amide bonds. The number of hydrogen-bond acceptors (Lipinski definition) is 3. The van der Waals surface area contributed by atoms with Crippen molar-refractivity contribution in [2.45, 2.75) is 6.42 Å². The second-order valence-corrected chi connectivity index (χ2v) is 2.40. The van der Waals surface area contributed by atoms with Crippen LogP contribution in [0.4, 0.5) is 10.1 Å². The van der Waals surface area contributed by atoms with Crippen LogP contribution >= 0.6 is 0 Å². The van der Waals surface area contributed by atoms with Gasteiger partial charge in [-0.05, 0) is 11.6 Å². The minimum absolute atomic E-state index is 0.0656. The maximum atomic E-state index is 12.9. The van der Waals surface area contributed by atoms with Crippen LogP contribution in [0.1, 0.15) is 5.56 Å². The van der Waals surface area contributed by atoms with E-state index in [4.69, 9.17) is 0 Å². The molecular formula is C8H6FNO3. The molecule has 0 aromatic heterocycles. The number of hydrogen-bond donors (Lipinski definition) is 0. The lowest BCUT2D eigenvalue weighted by molar-refractivity contribution is -0.385. The van der Waals surface area contributed by atoms with E-state index in [-0.39, 0.29) is 17.7 Å². The molecule has 0 aliphatic carbocycles. The van der Waals surface area contributed by atoms with Crippen LogP contribution in [-0.4, -0.2) is 11.2 Å². The van der Waals surface area contributed by atoms with E-state index in [0.717, 1.165) is 6.07 Å². The number of non-ortho nitro benzene ring substituents is 1. The highest BCUT2D eigenvalue weighted by Gasteiger charge is 2.09. The summed E-state index contributed by atoms with van der Waals surface area (Å²) >= 11 is 0. The van der Waals surface area contributed by atoms with Crippen LogP contribution in [0.5, 0.6) is 0 Å². The predicted octanol–water partition coefficient (Wildman–Crippen LogP) is 1.48. The van der Waals surface area contributed by atoms with E-state index in [1.807, 2.05) is 0 Å². The van der Waals surface area contributed by atoms with Gasteiger partial charge in [-0.3, -0.25) is 10.1 Å². The van der Waals surface area contributed by atoms with Gasteiger partial charge in [-0.1, -0.05) is 0 Å². The van der Waals surface area contributed by atoms with Crippen molar-refractivity contribution in [2.75, 3.05) is 0 Å². The molecule has 0 aliphatic heterocycles. The molecule has 0 N–H and O–H groups in total. The van der Waals surface area contributed by atoms with Crippen molar-refractivity contribution in [2.24, 2.45) is 0 Å². The van der Waals surface area contributed by atoms with Gasteiger partial charge in [0.25, 0.3) is 5.69 Å². The van der Waals surface area contributed by atoms with Gasteiger partial charge >= 0.3 is 0 Å². The fourth-order valence-corrected chi connectivity index (χ4v) is 0.905. The molecule has 0 saturated heterocycles. The van der Waals surface area contributed by atoms with Crippen LogP contribution in [-0.2, 0) is 11.2 Å². The summed E-state index contributed by atoms with van der Waals surface area (Å²) in [4.78, 5) is 19.5. The summed E-state index contributed by atoms with van der Waals surface area (Å²) in [5.74, 6) is -0.721. The van der Waals surface area contributed by atoms with Gasteiger partial charge in [-0.25, -0.2) is 4.39 Å². The summed E-state index contributed by atoms with van der Waals surface area (Å²) in [6.45, 7) is 0. The van der Waals surface area contributed by atoms with Gasteiger partial charge in [0.1, 0.15) is 12.1 Å². The Balaban J connectivity index is 3.04. The maximum absolute atomic E-state index is 12.9. The summed E-state index contributed by atoms with van der Waals surface area (Å²) in [6.07, 6.45) is 0.480. The Bertz CT molecular complexity index is 351. The molecule has 68 valence electrons. The summed E-state index contributed by atoms with van der Waals surface area (Å²) in [7, 11) is 0. The van der Waals surface area contributed by atoms with Crippen molar-refractivity contribution in [1.82, 2.24) is 0 Å². The number of nitro benzene ring substituents is 1. The molecule has 1 aromatic carbocycles. The molecule has 0 fully saturated rings. The molecule has 1 aromatic rings. The van der Waals surface area contributed by atoms with E-state index < -0.39 is 10.7 Å². The average Bonchev–Trinajstić information content (AvgIpc) is 2.08. The zero-order valence-electron chi connectivity index (χ0n) is 6.57. The van der Waals surface area contributed by atoms with Gasteiger partial charge in [-0.15, -0.1) is 0 Å². The van der Waals surface area contributed by atoms with Gasteiger partial charge in [-0.2, -0.15) is 0 Å². The van der Waals surface area contributed by atoms with Crippen molar-refractivity contribution >= 4 is 12.0 Å². The molecule has 0 heterocycles. The smallest absolute Gasteiger partial charge is 0.272 e. The van der Waals surface area contributed by atoms with Crippen LogP contribution in [0.2, 0.25) is 0 Å². The van der Waals surface area contributed by atoms with Crippen molar-refractivity contribution < 1.29 is 14.1 Å². The van der Waals surface area contributed by atoms with Crippen LogP contribution in [0.3, 0.4) is 0 Å². The summed E-state index contributed by atoms with van der Waals surface area (Å²) in [5, 5.41) is 10.2. The number of halogens is 1. The molecule has 0 radical (unpaired) electrons. The highest BCUT2D eigenvalue weighted by Crippen LogP contribution is 2.16. The lowest BCUT2D eigenvalue weighted by atomic mass is 10.1. The molecule has 0 unspecified atom stereocenters. The monoisotopic (exact) mass is 183 g/mol. The van der Waals surface area contributed by atoms with E-state index in [2.05, 4.69) is 0 Å². The molecule has 5 heteroatoms. The molecule has 4 nitrogen and oxygen atoms in total. The summed E-state index contributed by atoms with van der Waals surface area (Å²) in [5.41, 5.74) is -0.146. The van der Waals surface area contributed by atoms with Crippen LogP contribution in [0, 0.1) is 15.9 Å². The second kappa shape index (κ2) is 3.75. The number of nitrogens with zero attached hydrogens (tertiary/aromatic N) is 1. The van der Waals surface area contributed by atoms with Crippen molar-refractivity contribution in [3.63, 3.8) is 0 Å². The number of benzene rings is 1. The highest BCUT2D eigenvalue weighted by molar-refractivity contribution is 5.55. The van der Waals surface area contributed by atoms with Gasteiger partial charge in [0.15, 0.2) is 0 Å². The van der Waals surface area contributed by atoms with E-state index in [1.54, 1.807) is 0 Å². The topological polar surface area (TPSA) is 60.2 Å². The lowest BCUT2D eigenvalue weighted by Gasteiger charge is -1.97. The SMILES string of the molecule is O=CCc1ccc([N+](=O)[O-])cc1F. The molecule has 13 heavy (non-hydrogen) atoms. The second-order valence-electron chi connectivity index (χ2n) is 2.40. The van der Waals surface area contributed by atoms with E-state index in [1.165, 1.54) is 12.1 Å². The third kappa shape index (κ3) is 2.08. The number of carbonyl (C=O) groups is 1. The van der Waals surface area contributed by atoms with Crippen LogP contribution in [0.15, 0.2) is 18.2 Å². The Hall–Kier alpha value is -1.78. The zero-order chi connectivity index (χ0) is 9.84. The molecule has 1 rings (SSSR count). The number of carbonyl (C=O) groups excluding carboxylic acids is 1. The van der Waals surface area contributed by atoms with E-state index in [9.17, 15) is 19.3 Å². The van der Waals surface area contributed by atoms with Crippen LogP contribution < -0.4 is 0 Å². The quantitative estimate of drug-likeness (QED) is 0.405. The van der Waals surface area contributed by atoms with Gasteiger partial charge in [0, 0.05) is 12.5 Å². The molecular weight excluding hydrogens is 177 g/mol. The molecule has 0 atom stereocenters. The summed E-state index contributed by atoms with van der Waals surface area (Å²) in [6, 6.07) is 3.21. The van der Waals surface area contributed by atoms with Gasteiger partial charge < -0.3 is 4.79 Å². The Morgan fingerprint density at radius 1 is 1.54 bits per heavy atom. The van der Waals surface area contributed by atoms with Gasteiger partial charge in [0.2, 0.25) is 0 Å².